The average molecular weight is 267 g/mol. The summed E-state index contributed by atoms with van der Waals surface area (Å²) in [7, 11) is -1.36. The number of rotatable bonds is 2. The molecule has 0 aromatic carbocycles. The molecule has 3 heterocycles. The maximum absolute atomic E-state index is 11.5. The standard InChI is InChI=1S/C11H13N3O3S/c1-17-10-4-2-3-9-12-13-11(14(9)10)8-5-6-18(15,16)7-8/h2-4,8H,5-7H2,1H3. The molecule has 2 aromatic heterocycles. The molecular formula is C11H13N3O3S. The molecule has 1 fully saturated rings. The van der Waals surface area contributed by atoms with Crippen molar-refractivity contribution in [2.24, 2.45) is 0 Å². The topological polar surface area (TPSA) is 73.6 Å². The predicted molar refractivity (Wildman–Crippen MR) is 65.6 cm³/mol. The van der Waals surface area contributed by atoms with Crippen LogP contribution in [0.4, 0.5) is 0 Å². The Morgan fingerprint density at radius 3 is 2.89 bits per heavy atom. The summed E-state index contributed by atoms with van der Waals surface area (Å²) in [5, 5.41) is 8.18. The van der Waals surface area contributed by atoms with Gasteiger partial charge in [-0.3, -0.25) is 0 Å². The minimum Gasteiger partial charge on any atom is -0.482 e. The fraction of sp³-hybridized carbons (Fsp3) is 0.455. The van der Waals surface area contributed by atoms with Gasteiger partial charge in [0.25, 0.3) is 0 Å². The third-order valence-corrected chi connectivity index (χ3v) is 4.99. The molecule has 0 spiro atoms. The SMILES string of the molecule is COc1cccc2nnc(C3CCS(=O)(=O)C3)n12. The molecule has 0 bridgehead atoms. The van der Waals surface area contributed by atoms with Crippen LogP contribution in [0.5, 0.6) is 5.88 Å². The third kappa shape index (κ3) is 1.74. The molecule has 7 heteroatoms. The maximum Gasteiger partial charge on any atom is 0.200 e. The Balaban J connectivity index is 2.13. The second-order valence-corrected chi connectivity index (χ2v) is 6.65. The lowest BCUT2D eigenvalue weighted by Crippen LogP contribution is -2.08. The van der Waals surface area contributed by atoms with Crippen LogP contribution in [-0.2, 0) is 9.84 Å². The lowest BCUT2D eigenvalue weighted by Gasteiger charge is -2.09. The molecule has 1 unspecified atom stereocenters. The zero-order valence-electron chi connectivity index (χ0n) is 9.91. The van der Waals surface area contributed by atoms with E-state index in [-0.39, 0.29) is 17.4 Å². The molecule has 6 nitrogen and oxygen atoms in total. The molecule has 1 aliphatic rings. The number of fused-ring (bicyclic) bond motifs is 1. The summed E-state index contributed by atoms with van der Waals surface area (Å²) < 4.78 is 30.1. The number of nitrogens with zero attached hydrogens (tertiary/aromatic N) is 3. The van der Waals surface area contributed by atoms with Gasteiger partial charge in [-0.25, -0.2) is 12.8 Å². The van der Waals surface area contributed by atoms with Gasteiger partial charge in [-0.15, -0.1) is 10.2 Å². The maximum atomic E-state index is 11.5. The zero-order valence-corrected chi connectivity index (χ0v) is 10.7. The van der Waals surface area contributed by atoms with Crippen molar-refractivity contribution in [2.75, 3.05) is 18.6 Å². The molecule has 1 atom stereocenters. The average Bonchev–Trinajstić information content (AvgIpc) is 2.91. The fourth-order valence-corrected chi connectivity index (χ4v) is 4.10. The van der Waals surface area contributed by atoms with Crippen LogP contribution < -0.4 is 4.74 Å². The molecule has 1 aliphatic heterocycles. The van der Waals surface area contributed by atoms with Gasteiger partial charge >= 0.3 is 0 Å². The monoisotopic (exact) mass is 267 g/mol. The van der Waals surface area contributed by atoms with E-state index in [1.165, 1.54) is 0 Å². The highest BCUT2D eigenvalue weighted by molar-refractivity contribution is 7.91. The number of methoxy groups -OCH3 is 1. The summed E-state index contributed by atoms with van der Waals surface area (Å²) in [6, 6.07) is 5.46. The van der Waals surface area contributed by atoms with Gasteiger partial charge in [0.05, 0.1) is 18.6 Å². The quantitative estimate of drug-likeness (QED) is 0.798. The Labute approximate surface area is 105 Å². The molecule has 3 rings (SSSR count). The Morgan fingerprint density at radius 2 is 2.22 bits per heavy atom. The van der Waals surface area contributed by atoms with Crippen LogP contribution in [0.25, 0.3) is 5.65 Å². The molecule has 18 heavy (non-hydrogen) atoms. The normalized spacial score (nSPS) is 22.4. The Bertz CT molecular complexity index is 693. The van der Waals surface area contributed by atoms with E-state index < -0.39 is 9.84 Å². The van der Waals surface area contributed by atoms with Crippen LogP contribution in [0.2, 0.25) is 0 Å². The first-order valence-corrected chi connectivity index (χ1v) is 7.51. The van der Waals surface area contributed by atoms with Crippen molar-refractivity contribution in [3.8, 4) is 5.88 Å². The van der Waals surface area contributed by atoms with Gasteiger partial charge in [-0.05, 0) is 18.6 Å². The van der Waals surface area contributed by atoms with Crippen LogP contribution in [0, 0.1) is 0 Å². The lowest BCUT2D eigenvalue weighted by atomic mass is 10.1. The summed E-state index contributed by atoms with van der Waals surface area (Å²) in [6.45, 7) is 0. The molecule has 1 saturated heterocycles. The molecule has 96 valence electrons. The van der Waals surface area contributed by atoms with Crippen molar-refractivity contribution in [1.82, 2.24) is 14.6 Å². The van der Waals surface area contributed by atoms with Crippen molar-refractivity contribution in [3.05, 3.63) is 24.0 Å². The van der Waals surface area contributed by atoms with Crippen LogP contribution in [0.3, 0.4) is 0 Å². The van der Waals surface area contributed by atoms with Crippen molar-refractivity contribution in [1.29, 1.82) is 0 Å². The largest absolute Gasteiger partial charge is 0.482 e. The second-order valence-electron chi connectivity index (χ2n) is 4.42. The van der Waals surface area contributed by atoms with Crippen LogP contribution in [0.15, 0.2) is 18.2 Å². The van der Waals surface area contributed by atoms with Crippen molar-refractivity contribution >= 4 is 15.5 Å². The van der Waals surface area contributed by atoms with Crippen molar-refractivity contribution in [3.63, 3.8) is 0 Å². The highest BCUT2D eigenvalue weighted by Crippen LogP contribution is 2.29. The highest BCUT2D eigenvalue weighted by Gasteiger charge is 2.32. The van der Waals surface area contributed by atoms with E-state index in [4.69, 9.17) is 4.74 Å². The van der Waals surface area contributed by atoms with Gasteiger partial charge in [0.15, 0.2) is 15.5 Å². The molecule has 0 N–H and O–H groups in total. The Kier molecular flexibility index (Phi) is 2.51. The van der Waals surface area contributed by atoms with E-state index in [1.54, 1.807) is 11.5 Å². The molecular weight excluding hydrogens is 254 g/mol. The van der Waals surface area contributed by atoms with Gasteiger partial charge in [0.1, 0.15) is 5.82 Å². The van der Waals surface area contributed by atoms with E-state index in [9.17, 15) is 8.42 Å². The first-order chi connectivity index (χ1) is 8.61. The van der Waals surface area contributed by atoms with E-state index in [1.807, 2.05) is 18.2 Å². The van der Waals surface area contributed by atoms with Crippen LogP contribution >= 0.6 is 0 Å². The number of hydrogen-bond donors (Lipinski definition) is 0. The van der Waals surface area contributed by atoms with Gasteiger partial charge in [0.2, 0.25) is 5.88 Å². The van der Waals surface area contributed by atoms with E-state index in [0.29, 0.717) is 23.8 Å². The lowest BCUT2D eigenvalue weighted by molar-refractivity contribution is 0.389. The Morgan fingerprint density at radius 1 is 1.39 bits per heavy atom. The van der Waals surface area contributed by atoms with Gasteiger partial charge < -0.3 is 4.74 Å². The summed E-state index contributed by atoms with van der Waals surface area (Å²) in [5.41, 5.74) is 0.675. The molecule has 0 saturated carbocycles. The van der Waals surface area contributed by atoms with E-state index >= 15 is 0 Å². The van der Waals surface area contributed by atoms with E-state index in [0.717, 1.165) is 0 Å². The highest BCUT2D eigenvalue weighted by atomic mass is 32.2. The smallest absolute Gasteiger partial charge is 0.200 e. The minimum atomic E-state index is -2.93. The van der Waals surface area contributed by atoms with Crippen molar-refractivity contribution in [2.45, 2.75) is 12.3 Å². The van der Waals surface area contributed by atoms with Gasteiger partial charge in [-0.2, -0.15) is 0 Å². The van der Waals surface area contributed by atoms with Gasteiger partial charge in [-0.1, -0.05) is 6.07 Å². The predicted octanol–water partition coefficient (Wildman–Crippen LogP) is 0.640. The number of pyridine rings is 1. The van der Waals surface area contributed by atoms with Crippen LogP contribution in [0.1, 0.15) is 18.2 Å². The number of aromatic nitrogens is 3. The molecule has 0 aliphatic carbocycles. The molecule has 0 radical (unpaired) electrons. The number of hydrogen-bond acceptors (Lipinski definition) is 5. The van der Waals surface area contributed by atoms with Crippen LogP contribution in [-0.4, -0.2) is 41.6 Å². The summed E-state index contributed by atoms with van der Waals surface area (Å²) in [6.07, 6.45) is 0.598. The van der Waals surface area contributed by atoms with Crippen molar-refractivity contribution < 1.29 is 13.2 Å². The zero-order chi connectivity index (χ0) is 12.8. The second kappa shape index (κ2) is 3.94. The summed E-state index contributed by atoms with van der Waals surface area (Å²) >= 11 is 0. The third-order valence-electron chi connectivity index (χ3n) is 3.22. The summed E-state index contributed by atoms with van der Waals surface area (Å²) in [4.78, 5) is 0. The molecule has 2 aromatic rings. The number of sulfone groups is 1. The molecule has 0 amide bonds. The first-order valence-electron chi connectivity index (χ1n) is 5.69. The fourth-order valence-electron chi connectivity index (χ4n) is 2.36. The van der Waals surface area contributed by atoms with Gasteiger partial charge in [0, 0.05) is 5.92 Å². The Hall–Kier alpha value is -1.63. The first kappa shape index (κ1) is 11.5. The van der Waals surface area contributed by atoms with E-state index in [2.05, 4.69) is 10.2 Å². The summed E-state index contributed by atoms with van der Waals surface area (Å²) in [5.74, 6) is 1.56. The minimum absolute atomic E-state index is 0.0960. The number of ether oxygens (including phenoxy) is 1.